The molecular weight excluding hydrogens is 264 g/mol. The molecule has 0 aliphatic heterocycles. The molecule has 4 heteroatoms. The Balaban J connectivity index is 2.31. The number of aliphatic carboxylic acids is 1. The van der Waals surface area contributed by atoms with E-state index in [1.54, 1.807) is 0 Å². The van der Waals surface area contributed by atoms with Gasteiger partial charge in [-0.2, -0.15) is 0 Å². The second kappa shape index (κ2) is 8.05. The third kappa shape index (κ3) is 5.97. The highest BCUT2D eigenvalue weighted by molar-refractivity contribution is 6.32. The summed E-state index contributed by atoms with van der Waals surface area (Å²) in [4.78, 5) is 10.3. The zero-order valence-corrected chi connectivity index (χ0v) is 12.2. The van der Waals surface area contributed by atoms with Crippen molar-refractivity contribution < 1.29 is 14.6 Å². The summed E-state index contributed by atoms with van der Waals surface area (Å²) in [5.41, 5.74) is 1.19. The van der Waals surface area contributed by atoms with Crippen molar-refractivity contribution in [1.29, 1.82) is 0 Å². The van der Waals surface area contributed by atoms with Crippen LogP contribution in [-0.2, 0) is 4.79 Å². The van der Waals surface area contributed by atoms with Crippen LogP contribution in [-0.4, -0.2) is 17.7 Å². The van der Waals surface area contributed by atoms with Crippen molar-refractivity contribution in [2.75, 3.05) is 6.61 Å². The molecular formula is C15H21ClO3. The predicted octanol–water partition coefficient (Wildman–Crippen LogP) is 4.49. The van der Waals surface area contributed by atoms with E-state index in [1.165, 1.54) is 5.56 Å². The Hall–Kier alpha value is -1.22. The summed E-state index contributed by atoms with van der Waals surface area (Å²) in [7, 11) is 0. The molecule has 0 aromatic heterocycles. The van der Waals surface area contributed by atoms with Gasteiger partial charge in [0.2, 0.25) is 0 Å². The number of carbonyl (C=O) groups is 1. The van der Waals surface area contributed by atoms with E-state index in [4.69, 9.17) is 21.4 Å². The first kappa shape index (κ1) is 15.8. The summed E-state index contributed by atoms with van der Waals surface area (Å²) in [5, 5.41) is 9.14. The number of hydrogen-bond donors (Lipinski definition) is 1. The van der Waals surface area contributed by atoms with E-state index in [0.29, 0.717) is 29.7 Å². The van der Waals surface area contributed by atoms with Crippen molar-refractivity contribution in [3.05, 3.63) is 28.8 Å². The average Bonchev–Trinajstić information content (AvgIpc) is 2.34. The summed E-state index contributed by atoms with van der Waals surface area (Å²) in [6, 6.07) is 5.86. The minimum absolute atomic E-state index is 0.226. The number of halogens is 1. The minimum Gasteiger partial charge on any atom is -0.492 e. The first-order valence-corrected chi connectivity index (χ1v) is 7.02. The van der Waals surface area contributed by atoms with Crippen LogP contribution in [0.3, 0.4) is 0 Å². The maximum Gasteiger partial charge on any atom is 0.303 e. The molecule has 0 aliphatic carbocycles. The SMILES string of the molecule is CC(C)c1ccc(OCCCCCC(=O)O)c(Cl)c1. The highest BCUT2D eigenvalue weighted by Crippen LogP contribution is 2.28. The smallest absolute Gasteiger partial charge is 0.303 e. The van der Waals surface area contributed by atoms with Gasteiger partial charge in [0.15, 0.2) is 0 Å². The summed E-state index contributed by atoms with van der Waals surface area (Å²) >= 11 is 6.15. The highest BCUT2D eigenvalue weighted by atomic mass is 35.5. The fraction of sp³-hybridized carbons (Fsp3) is 0.533. The molecule has 0 unspecified atom stereocenters. The fourth-order valence-corrected chi connectivity index (χ4v) is 1.97. The van der Waals surface area contributed by atoms with Crippen molar-refractivity contribution in [2.24, 2.45) is 0 Å². The van der Waals surface area contributed by atoms with Crippen LogP contribution in [0.4, 0.5) is 0 Å². The van der Waals surface area contributed by atoms with Gasteiger partial charge in [0.1, 0.15) is 5.75 Å². The maximum atomic E-state index is 10.3. The topological polar surface area (TPSA) is 46.5 Å². The zero-order chi connectivity index (χ0) is 14.3. The molecule has 0 radical (unpaired) electrons. The number of unbranched alkanes of at least 4 members (excludes halogenated alkanes) is 2. The predicted molar refractivity (Wildman–Crippen MR) is 77.1 cm³/mol. The van der Waals surface area contributed by atoms with Crippen molar-refractivity contribution in [2.45, 2.75) is 45.4 Å². The Labute approximate surface area is 119 Å². The van der Waals surface area contributed by atoms with Crippen molar-refractivity contribution >= 4 is 17.6 Å². The van der Waals surface area contributed by atoms with Crippen LogP contribution < -0.4 is 4.74 Å². The van der Waals surface area contributed by atoms with Crippen LogP contribution in [0.2, 0.25) is 5.02 Å². The third-order valence-corrected chi connectivity index (χ3v) is 3.21. The van der Waals surface area contributed by atoms with Gasteiger partial charge in [-0.05, 0) is 42.9 Å². The third-order valence-electron chi connectivity index (χ3n) is 2.92. The molecule has 0 bridgehead atoms. The van der Waals surface area contributed by atoms with Crippen molar-refractivity contribution in [3.63, 3.8) is 0 Å². The first-order chi connectivity index (χ1) is 9.00. The number of carboxylic acids is 1. The normalized spacial score (nSPS) is 10.7. The molecule has 0 aliphatic rings. The number of rotatable bonds is 8. The number of hydrogen-bond acceptors (Lipinski definition) is 2. The van der Waals surface area contributed by atoms with Crippen LogP contribution in [0, 0.1) is 0 Å². The van der Waals surface area contributed by atoms with E-state index in [0.717, 1.165) is 12.8 Å². The molecule has 106 valence electrons. The molecule has 19 heavy (non-hydrogen) atoms. The summed E-state index contributed by atoms with van der Waals surface area (Å²) < 4.78 is 5.60. The molecule has 3 nitrogen and oxygen atoms in total. The molecule has 0 saturated heterocycles. The van der Waals surface area contributed by atoms with Crippen molar-refractivity contribution in [3.8, 4) is 5.75 Å². The zero-order valence-electron chi connectivity index (χ0n) is 11.5. The Kier molecular flexibility index (Phi) is 6.71. The van der Waals surface area contributed by atoms with Gasteiger partial charge in [-0.3, -0.25) is 4.79 Å². The lowest BCUT2D eigenvalue weighted by Gasteiger charge is -2.11. The number of ether oxygens (including phenoxy) is 1. The van der Waals surface area contributed by atoms with Gasteiger partial charge in [-0.1, -0.05) is 31.5 Å². The lowest BCUT2D eigenvalue weighted by molar-refractivity contribution is -0.137. The van der Waals surface area contributed by atoms with Crippen LogP contribution in [0.5, 0.6) is 5.75 Å². The lowest BCUT2D eigenvalue weighted by Crippen LogP contribution is -2.00. The first-order valence-electron chi connectivity index (χ1n) is 6.64. The van der Waals surface area contributed by atoms with E-state index >= 15 is 0 Å². The Morgan fingerprint density at radius 2 is 2.05 bits per heavy atom. The molecule has 0 fully saturated rings. The van der Waals surface area contributed by atoms with Crippen LogP contribution in [0.15, 0.2) is 18.2 Å². The summed E-state index contributed by atoms with van der Waals surface area (Å²) in [6.45, 7) is 4.81. The molecule has 0 saturated carbocycles. The van der Waals surface area contributed by atoms with E-state index in [-0.39, 0.29) is 6.42 Å². The van der Waals surface area contributed by atoms with Gasteiger partial charge in [0, 0.05) is 6.42 Å². The minimum atomic E-state index is -0.742. The molecule has 0 spiro atoms. The van der Waals surface area contributed by atoms with Crippen LogP contribution >= 0.6 is 11.6 Å². The van der Waals surface area contributed by atoms with Gasteiger partial charge in [0.25, 0.3) is 0 Å². The van der Waals surface area contributed by atoms with Gasteiger partial charge in [-0.15, -0.1) is 0 Å². The Bertz CT molecular complexity index is 416. The second-order valence-corrected chi connectivity index (χ2v) is 5.30. The monoisotopic (exact) mass is 284 g/mol. The largest absolute Gasteiger partial charge is 0.492 e. The van der Waals surface area contributed by atoms with E-state index in [1.807, 2.05) is 18.2 Å². The second-order valence-electron chi connectivity index (χ2n) is 4.90. The molecule has 0 heterocycles. The van der Waals surface area contributed by atoms with E-state index in [9.17, 15) is 4.79 Å². The highest BCUT2D eigenvalue weighted by Gasteiger charge is 2.05. The number of benzene rings is 1. The van der Waals surface area contributed by atoms with Crippen LogP contribution in [0.1, 0.15) is 51.0 Å². The van der Waals surface area contributed by atoms with Gasteiger partial charge >= 0.3 is 5.97 Å². The molecule has 1 N–H and O–H groups in total. The molecule has 1 rings (SSSR count). The van der Waals surface area contributed by atoms with E-state index in [2.05, 4.69) is 13.8 Å². The Morgan fingerprint density at radius 1 is 1.32 bits per heavy atom. The summed E-state index contributed by atoms with van der Waals surface area (Å²) in [6.07, 6.45) is 2.62. The molecule has 1 aromatic rings. The standard InChI is InChI=1S/C15H21ClO3/c1-11(2)12-7-8-14(13(16)10-12)19-9-5-3-4-6-15(17)18/h7-8,10-11H,3-6,9H2,1-2H3,(H,17,18). The van der Waals surface area contributed by atoms with Crippen LogP contribution in [0.25, 0.3) is 0 Å². The molecule has 1 aromatic carbocycles. The molecule has 0 amide bonds. The Morgan fingerprint density at radius 3 is 2.63 bits per heavy atom. The lowest BCUT2D eigenvalue weighted by atomic mass is 10.0. The van der Waals surface area contributed by atoms with Gasteiger partial charge in [-0.25, -0.2) is 0 Å². The number of carboxylic acid groups (broad SMARTS) is 1. The summed E-state index contributed by atoms with van der Waals surface area (Å²) in [5.74, 6) is 0.403. The van der Waals surface area contributed by atoms with Gasteiger partial charge < -0.3 is 9.84 Å². The fourth-order valence-electron chi connectivity index (χ4n) is 1.73. The average molecular weight is 285 g/mol. The van der Waals surface area contributed by atoms with E-state index < -0.39 is 5.97 Å². The molecule has 0 atom stereocenters. The van der Waals surface area contributed by atoms with Crippen molar-refractivity contribution in [1.82, 2.24) is 0 Å². The maximum absolute atomic E-state index is 10.3. The van der Waals surface area contributed by atoms with Gasteiger partial charge in [0.05, 0.1) is 11.6 Å². The quantitative estimate of drug-likeness (QED) is 0.716.